The zero-order valence-electron chi connectivity index (χ0n) is 11.9. The second-order valence-corrected chi connectivity index (χ2v) is 5.85. The van der Waals surface area contributed by atoms with Crippen LogP contribution in [0.2, 0.25) is 5.02 Å². The largest absolute Gasteiger partial charge is 0.495 e. The van der Waals surface area contributed by atoms with Gasteiger partial charge in [0.15, 0.2) is 0 Å². The number of carbonyl (C=O) groups excluding carboxylic acids is 1. The lowest BCUT2D eigenvalue weighted by Gasteiger charge is -2.28. The maximum Gasteiger partial charge on any atom is 0.253 e. The Morgan fingerprint density at radius 2 is 2.10 bits per heavy atom. The van der Waals surface area contributed by atoms with Crippen molar-refractivity contribution in [3.8, 4) is 5.75 Å². The van der Waals surface area contributed by atoms with Crippen molar-refractivity contribution >= 4 is 17.5 Å². The van der Waals surface area contributed by atoms with E-state index in [0.29, 0.717) is 22.9 Å². The molecule has 0 spiro atoms. The zero-order valence-corrected chi connectivity index (χ0v) is 12.6. The van der Waals surface area contributed by atoms with Gasteiger partial charge in [0.05, 0.1) is 17.7 Å². The molecule has 0 saturated heterocycles. The van der Waals surface area contributed by atoms with Gasteiger partial charge in [0.2, 0.25) is 0 Å². The van der Waals surface area contributed by atoms with Gasteiger partial charge >= 0.3 is 0 Å². The molecule has 0 bridgehead atoms. The molecule has 1 amide bonds. The number of benzene rings is 1. The van der Waals surface area contributed by atoms with Crippen LogP contribution in [0.25, 0.3) is 0 Å². The number of likely N-dealkylation sites (N-methyl/N-ethyl adjacent to an activating group) is 1. The summed E-state index contributed by atoms with van der Waals surface area (Å²) in [5.74, 6) is 0.339. The van der Waals surface area contributed by atoms with E-state index in [-0.39, 0.29) is 5.91 Å². The highest BCUT2D eigenvalue weighted by atomic mass is 35.5. The predicted molar refractivity (Wildman–Crippen MR) is 78.4 cm³/mol. The number of amides is 1. The molecule has 0 unspecified atom stereocenters. The first-order valence-corrected chi connectivity index (χ1v) is 7.14. The highest BCUT2D eigenvalue weighted by molar-refractivity contribution is 6.32. The first kappa shape index (κ1) is 15.1. The van der Waals surface area contributed by atoms with Gasteiger partial charge in [0, 0.05) is 19.2 Å². The van der Waals surface area contributed by atoms with E-state index in [4.69, 9.17) is 16.3 Å². The third-order valence-corrected chi connectivity index (χ3v) is 4.12. The number of ether oxygens (including phenoxy) is 1. The fraction of sp³-hybridized carbons (Fsp3) is 0.533. The molecule has 2 rings (SSSR count). The molecule has 0 aromatic heterocycles. The lowest BCUT2D eigenvalue weighted by Crippen LogP contribution is -2.42. The predicted octanol–water partition coefficient (Wildman–Crippen LogP) is 2.73. The first-order chi connectivity index (χ1) is 9.45. The van der Waals surface area contributed by atoms with Crippen LogP contribution >= 0.6 is 11.6 Å². The fourth-order valence-electron chi connectivity index (χ4n) is 2.72. The van der Waals surface area contributed by atoms with Crippen LogP contribution in [-0.4, -0.2) is 42.2 Å². The number of hydrogen-bond acceptors (Lipinski definition) is 3. The van der Waals surface area contributed by atoms with Gasteiger partial charge in [-0.25, -0.2) is 0 Å². The van der Waals surface area contributed by atoms with E-state index >= 15 is 0 Å². The van der Waals surface area contributed by atoms with Crippen LogP contribution in [0.5, 0.6) is 5.75 Å². The van der Waals surface area contributed by atoms with Crippen LogP contribution in [0, 0.1) is 0 Å². The number of hydrogen-bond donors (Lipinski definition) is 1. The number of halogens is 1. The fourth-order valence-corrected chi connectivity index (χ4v) is 2.91. The van der Waals surface area contributed by atoms with Gasteiger partial charge in [-0.3, -0.25) is 4.79 Å². The van der Waals surface area contributed by atoms with E-state index in [1.54, 1.807) is 30.1 Å². The number of methoxy groups -OCH3 is 1. The van der Waals surface area contributed by atoms with Crippen LogP contribution in [-0.2, 0) is 0 Å². The van der Waals surface area contributed by atoms with Crippen molar-refractivity contribution in [2.45, 2.75) is 31.3 Å². The molecule has 4 nitrogen and oxygen atoms in total. The van der Waals surface area contributed by atoms with Crippen LogP contribution in [0.1, 0.15) is 36.0 Å². The molecule has 1 saturated carbocycles. The Kier molecular flexibility index (Phi) is 4.55. The Morgan fingerprint density at radius 3 is 2.70 bits per heavy atom. The Hall–Kier alpha value is -1.26. The van der Waals surface area contributed by atoms with Crippen LogP contribution in [0.3, 0.4) is 0 Å². The van der Waals surface area contributed by atoms with Gasteiger partial charge in [-0.1, -0.05) is 24.4 Å². The normalized spacial score (nSPS) is 17.0. The summed E-state index contributed by atoms with van der Waals surface area (Å²) in [5, 5.41) is 10.8. The summed E-state index contributed by atoms with van der Waals surface area (Å²) in [4.78, 5) is 13.9. The molecule has 1 aromatic carbocycles. The molecule has 5 heteroatoms. The van der Waals surface area contributed by atoms with Crippen LogP contribution in [0.15, 0.2) is 18.2 Å². The molecule has 110 valence electrons. The third kappa shape index (κ3) is 3.25. The van der Waals surface area contributed by atoms with Gasteiger partial charge in [-0.15, -0.1) is 0 Å². The average Bonchev–Trinajstić information content (AvgIpc) is 2.85. The standard InChI is InChI=1S/C15H20ClNO3/c1-17(10-15(19)7-3-4-8-15)14(18)11-5-6-12(16)13(9-11)20-2/h5-6,9,19H,3-4,7-8,10H2,1-2H3. The molecule has 0 radical (unpaired) electrons. The Bertz CT molecular complexity index is 498. The van der Waals surface area contributed by atoms with Gasteiger partial charge in [-0.05, 0) is 31.0 Å². The minimum atomic E-state index is -0.735. The topological polar surface area (TPSA) is 49.8 Å². The summed E-state index contributed by atoms with van der Waals surface area (Å²) < 4.78 is 5.12. The van der Waals surface area contributed by atoms with Crippen molar-refractivity contribution < 1.29 is 14.6 Å². The molecule has 1 N–H and O–H groups in total. The zero-order chi connectivity index (χ0) is 14.8. The Balaban J connectivity index is 2.10. The minimum Gasteiger partial charge on any atom is -0.495 e. The number of nitrogens with zero attached hydrogens (tertiary/aromatic N) is 1. The van der Waals surface area contributed by atoms with Gasteiger partial charge in [-0.2, -0.15) is 0 Å². The van der Waals surface area contributed by atoms with Crippen molar-refractivity contribution in [2.24, 2.45) is 0 Å². The molecule has 1 fully saturated rings. The van der Waals surface area contributed by atoms with E-state index in [9.17, 15) is 9.90 Å². The lowest BCUT2D eigenvalue weighted by molar-refractivity contribution is 0.0156. The molecule has 1 aliphatic carbocycles. The third-order valence-electron chi connectivity index (χ3n) is 3.81. The smallest absolute Gasteiger partial charge is 0.253 e. The molecule has 20 heavy (non-hydrogen) atoms. The van der Waals surface area contributed by atoms with Crippen LogP contribution < -0.4 is 4.74 Å². The van der Waals surface area contributed by atoms with Crippen molar-refractivity contribution in [3.05, 3.63) is 28.8 Å². The van der Waals surface area contributed by atoms with Crippen molar-refractivity contribution in [2.75, 3.05) is 20.7 Å². The monoisotopic (exact) mass is 297 g/mol. The van der Waals surface area contributed by atoms with Gasteiger partial charge in [0.25, 0.3) is 5.91 Å². The van der Waals surface area contributed by atoms with E-state index in [2.05, 4.69) is 0 Å². The molecule has 1 aliphatic rings. The number of aliphatic hydroxyl groups is 1. The Morgan fingerprint density at radius 1 is 1.45 bits per heavy atom. The molecule has 0 atom stereocenters. The van der Waals surface area contributed by atoms with E-state index < -0.39 is 5.60 Å². The van der Waals surface area contributed by atoms with Crippen molar-refractivity contribution in [3.63, 3.8) is 0 Å². The summed E-state index contributed by atoms with van der Waals surface area (Å²) >= 11 is 5.95. The molecular weight excluding hydrogens is 278 g/mol. The second-order valence-electron chi connectivity index (χ2n) is 5.44. The summed E-state index contributed by atoms with van der Waals surface area (Å²) in [6, 6.07) is 4.94. The van der Waals surface area contributed by atoms with Gasteiger partial charge < -0.3 is 14.7 Å². The Labute approximate surface area is 124 Å². The van der Waals surface area contributed by atoms with E-state index in [0.717, 1.165) is 25.7 Å². The lowest BCUT2D eigenvalue weighted by atomic mass is 10.0. The molecule has 0 aliphatic heterocycles. The second kappa shape index (κ2) is 6.02. The summed E-state index contributed by atoms with van der Waals surface area (Å²) in [6.07, 6.45) is 3.56. The minimum absolute atomic E-state index is 0.139. The van der Waals surface area contributed by atoms with E-state index in [1.807, 2.05) is 0 Å². The number of carbonyl (C=O) groups is 1. The van der Waals surface area contributed by atoms with Crippen LogP contribution in [0.4, 0.5) is 0 Å². The first-order valence-electron chi connectivity index (χ1n) is 6.76. The molecule has 1 aromatic rings. The maximum atomic E-state index is 12.4. The van der Waals surface area contributed by atoms with Crippen molar-refractivity contribution in [1.82, 2.24) is 4.90 Å². The van der Waals surface area contributed by atoms with E-state index in [1.165, 1.54) is 7.11 Å². The summed E-state index contributed by atoms with van der Waals surface area (Å²) in [6.45, 7) is 0.358. The number of rotatable bonds is 4. The summed E-state index contributed by atoms with van der Waals surface area (Å²) in [7, 11) is 3.22. The van der Waals surface area contributed by atoms with Crippen molar-refractivity contribution in [1.29, 1.82) is 0 Å². The highest BCUT2D eigenvalue weighted by Crippen LogP contribution is 2.31. The SMILES string of the molecule is COc1cc(C(=O)N(C)CC2(O)CCCC2)ccc1Cl. The highest BCUT2D eigenvalue weighted by Gasteiger charge is 2.33. The maximum absolute atomic E-state index is 12.4. The summed E-state index contributed by atoms with van der Waals surface area (Å²) in [5.41, 5.74) is -0.226. The average molecular weight is 298 g/mol. The van der Waals surface area contributed by atoms with Gasteiger partial charge in [0.1, 0.15) is 5.75 Å². The quantitative estimate of drug-likeness (QED) is 0.929. The molecule has 0 heterocycles. The molecular formula is C15H20ClNO3.